The fourth-order valence-electron chi connectivity index (χ4n) is 2.92. The van der Waals surface area contributed by atoms with Crippen molar-refractivity contribution in [3.05, 3.63) is 50.4 Å². The third-order valence-electron chi connectivity index (χ3n) is 4.24. The molecule has 1 unspecified atom stereocenters. The number of aromatic nitrogens is 3. The van der Waals surface area contributed by atoms with Gasteiger partial charge in [-0.15, -0.1) is 11.3 Å². The zero-order chi connectivity index (χ0) is 19.6. The molecular weight excluding hydrogens is 400 g/mol. The van der Waals surface area contributed by atoms with Crippen molar-refractivity contribution in [1.29, 1.82) is 0 Å². The number of hydrogen-bond donors (Lipinski definition) is 2. The van der Waals surface area contributed by atoms with Gasteiger partial charge in [0.15, 0.2) is 5.82 Å². The Morgan fingerprint density at radius 3 is 2.78 bits per heavy atom. The van der Waals surface area contributed by atoms with Crippen molar-refractivity contribution >= 4 is 35.2 Å². The van der Waals surface area contributed by atoms with Crippen LogP contribution in [0.3, 0.4) is 0 Å². The van der Waals surface area contributed by atoms with Crippen molar-refractivity contribution in [2.75, 3.05) is 7.11 Å². The molecule has 1 aromatic carbocycles. The van der Waals surface area contributed by atoms with Crippen molar-refractivity contribution in [2.24, 2.45) is 5.41 Å². The molecule has 27 heavy (non-hydrogen) atoms. The smallest absolute Gasteiger partial charge is 0.217 e. The summed E-state index contributed by atoms with van der Waals surface area (Å²) in [7, 11) is 1.62. The van der Waals surface area contributed by atoms with Crippen LogP contribution in [0.5, 0.6) is 5.75 Å². The number of hydrogen-bond acceptors (Lipinski definition) is 5. The van der Waals surface area contributed by atoms with Gasteiger partial charge in [0.05, 0.1) is 19.3 Å². The number of ether oxygens (including phenoxy) is 1. The third-order valence-corrected chi connectivity index (χ3v) is 5.73. The van der Waals surface area contributed by atoms with Gasteiger partial charge in [0.25, 0.3) is 0 Å². The topological polar surface area (TPSA) is 54.9 Å². The van der Waals surface area contributed by atoms with Gasteiger partial charge in [0.1, 0.15) is 5.75 Å². The van der Waals surface area contributed by atoms with Gasteiger partial charge in [0.2, 0.25) is 4.77 Å². The molecule has 0 amide bonds. The lowest BCUT2D eigenvalue weighted by Crippen LogP contribution is -2.33. The lowest BCUT2D eigenvalue weighted by Gasteiger charge is -2.31. The highest BCUT2D eigenvalue weighted by Crippen LogP contribution is 2.35. The Balaban J connectivity index is 1.85. The first-order valence-electron chi connectivity index (χ1n) is 8.57. The molecule has 2 N–H and O–H groups in total. The Morgan fingerprint density at radius 2 is 2.15 bits per heavy atom. The third kappa shape index (κ3) is 4.60. The Bertz CT molecular complexity index is 957. The summed E-state index contributed by atoms with van der Waals surface area (Å²) in [4.78, 5) is 5.78. The summed E-state index contributed by atoms with van der Waals surface area (Å²) in [6, 6.07) is 9.85. The summed E-state index contributed by atoms with van der Waals surface area (Å²) < 4.78 is 7.71. The Morgan fingerprint density at radius 1 is 1.37 bits per heavy atom. The van der Waals surface area contributed by atoms with Crippen LogP contribution in [0.1, 0.15) is 31.7 Å². The van der Waals surface area contributed by atoms with Gasteiger partial charge in [0, 0.05) is 15.9 Å². The van der Waals surface area contributed by atoms with Crippen molar-refractivity contribution in [1.82, 2.24) is 20.1 Å². The van der Waals surface area contributed by atoms with E-state index in [-0.39, 0.29) is 11.5 Å². The maximum absolute atomic E-state index is 6.14. The van der Waals surface area contributed by atoms with E-state index < -0.39 is 0 Å². The Labute approximate surface area is 173 Å². The monoisotopic (exact) mass is 422 g/mol. The molecule has 2 aromatic heterocycles. The van der Waals surface area contributed by atoms with E-state index in [2.05, 4.69) is 53.7 Å². The van der Waals surface area contributed by atoms with Crippen LogP contribution in [0.25, 0.3) is 11.4 Å². The summed E-state index contributed by atoms with van der Waals surface area (Å²) in [5.41, 5.74) is 0.840. The molecule has 5 nitrogen and oxygen atoms in total. The molecule has 144 valence electrons. The minimum atomic E-state index is 0.0616. The van der Waals surface area contributed by atoms with Gasteiger partial charge in [-0.3, -0.25) is 10.4 Å². The minimum Gasteiger partial charge on any atom is -0.496 e. The molecule has 1 atom stereocenters. The van der Waals surface area contributed by atoms with Crippen LogP contribution >= 0.6 is 35.2 Å². The van der Waals surface area contributed by atoms with Crippen LogP contribution in [0.4, 0.5) is 0 Å². The molecule has 0 aliphatic carbocycles. The highest BCUT2D eigenvalue weighted by atomic mass is 35.5. The van der Waals surface area contributed by atoms with Crippen LogP contribution in [0.15, 0.2) is 35.7 Å². The van der Waals surface area contributed by atoms with Crippen molar-refractivity contribution < 1.29 is 4.74 Å². The summed E-state index contributed by atoms with van der Waals surface area (Å²) >= 11 is 13.3. The zero-order valence-corrected chi connectivity index (χ0v) is 18.1. The Hall–Kier alpha value is -1.67. The molecule has 2 heterocycles. The van der Waals surface area contributed by atoms with Crippen LogP contribution in [-0.2, 0) is 6.67 Å². The predicted octanol–water partition coefficient (Wildman–Crippen LogP) is 5.67. The predicted molar refractivity (Wildman–Crippen MR) is 114 cm³/mol. The average molecular weight is 423 g/mol. The maximum atomic E-state index is 6.14. The van der Waals surface area contributed by atoms with Crippen LogP contribution < -0.4 is 10.1 Å². The lowest BCUT2D eigenvalue weighted by molar-refractivity contribution is 0.255. The van der Waals surface area contributed by atoms with Crippen molar-refractivity contribution in [3.8, 4) is 17.1 Å². The average Bonchev–Trinajstić information content (AvgIpc) is 3.24. The van der Waals surface area contributed by atoms with Gasteiger partial charge in [-0.1, -0.05) is 38.4 Å². The molecule has 0 bridgehead atoms. The van der Waals surface area contributed by atoms with E-state index >= 15 is 0 Å². The first kappa shape index (κ1) is 20.1. The number of halogens is 1. The largest absolute Gasteiger partial charge is 0.496 e. The quantitative estimate of drug-likeness (QED) is 0.503. The maximum Gasteiger partial charge on any atom is 0.217 e. The molecule has 0 aliphatic rings. The molecule has 0 aliphatic heterocycles. The summed E-state index contributed by atoms with van der Waals surface area (Å²) in [5.74, 6) is 1.32. The Kier molecular flexibility index (Phi) is 6.05. The molecule has 0 spiro atoms. The summed E-state index contributed by atoms with van der Waals surface area (Å²) in [6.07, 6.45) is 0. The first-order chi connectivity index (χ1) is 12.8. The fourth-order valence-corrected chi connectivity index (χ4v) is 4.34. The van der Waals surface area contributed by atoms with Gasteiger partial charge in [-0.05, 0) is 47.3 Å². The minimum absolute atomic E-state index is 0.0616. The lowest BCUT2D eigenvalue weighted by atomic mass is 9.86. The van der Waals surface area contributed by atoms with E-state index in [4.69, 9.17) is 28.6 Å². The molecule has 0 saturated heterocycles. The number of aromatic amines is 1. The van der Waals surface area contributed by atoms with Gasteiger partial charge >= 0.3 is 0 Å². The zero-order valence-electron chi connectivity index (χ0n) is 15.7. The molecule has 3 rings (SSSR count). The van der Waals surface area contributed by atoms with E-state index in [1.54, 1.807) is 24.5 Å². The van der Waals surface area contributed by atoms with Gasteiger partial charge in [-0.2, -0.15) is 4.98 Å². The highest BCUT2D eigenvalue weighted by molar-refractivity contribution is 7.71. The highest BCUT2D eigenvalue weighted by Gasteiger charge is 2.26. The van der Waals surface area contributed by atoms with Crippen LogP contribution in [0, 0.1) is 10.2 Å². The number of methoxy groups -OCH3 is 1. The molecule has 0 saturated carbocycles. The van der Waals surface area contributed by atoms with E-state index in [0.29, 0.717) is 28.0 Å². The van der Waals surface area contributed by atoms with Gasteiger partial charge < -0.3 is 4.74 Å². The van der Waals surface area contributed by atoms with Crippen molar-refractivity contribution in [3.63, 3.8) is 0 Å². The van der Waals surface area contributed by atoms with E-state index in [1.807, 2.05) is 16.8 Å². The van der Waals surface area contributed by atoms with E-state index in [1.165, 1.54) is 4.88 Å². The second kappa shape index (κ2) is 8.14. The first-order valence-corrected chi connectivity index (χ1v) is 10.2. The number of nitrogens with one attached hydrogen (secondary N) is 2. The van der Waals surface area contributed by atoms with Crippen LogP contribution in [-0.4, -0.2) is 21.9 Å². The molecule has 0 radical (unpaired) electrons. The van der Waals surface area contributed by atoms with Gasteiger partial charge in [-0.25, -0.2) is 4.68 Å². The fraction of sp³-hybridized carbons (Fsp3) is 0.368. The standard InChI is InChI=1S/C19H23ClN4OS2/c1-19(2,3)16(15-6-5-9-27-15)21-11-24-18(26)22-17(23-24)13-10-12(20)7-8-14(13)25-4/h5-10,16,21H,11H2,1-4H3,(H,22,23,26). The number of H-pyrrole nitrogens is 1. The number of thiophene rings is 1. The number of nitrogens with zero attached hydrogens (tertiary/aromatic N) is 2. The van der Waals surface area contributed by atoms with E-state index in [0.717, 1.165) is 5.56 Å². The summed E-state index contributed by atoms with van der Waals surface area (Å²) in [6.45, 7) is 7.19. The normalized spacial score (nSPS) is 12.9. The van der Waals surface area contributed by atoms with Crippen molar-refractivity contribution in [2.45, 2.75) is 33.5 Å². The van der Waals surface area contributed by atoms with E-state index in [9.17, 15) is 0 Å². The molecule has 8 heteroatoms. The number of benzene rings is 1. The molecular formula is C19H23ClN4OS2. The molecule has 3 aromatic rings. The number of rotatable bonds is 6. The van der Waals surface area contributed by atoms with Crippen LogP contribution in [0.2, 0.25) is 5.02 Å². The second-order valence-corrected chi connectivity index (χ2v) is 9.08. The summed E-state index contributed by atoms with van der Waals surface area (Å²) in [5, 5.41) is 9.57. The SMILES string of the molecule is COc1ccc(Cl)cc1-c1nc(=S)n(CNC(c2cccs2)C(C)(C)C)[nH]1. The second-order valence-electron chi connectivity index (χ2n) is 7.30. The molecule has 0 fully saturated rings.